The first-order chi connectivity index (χ1) is 8.99. The van der Waals surface area contributed by atoms with E-state index in [1.807, 2.05) is 13.8 Å². The normalized spacial score (nSPS) is 9.58. The van der Waals surface area contributed by atoms with Gasteiger partial charge in [0.1, 0.15) is 0 Å². The van der Waals surface area contributed by atoms with Gasteiger partial charge in [0, 0.05) is 6.42 Å². The van der Waals surface area contributed by atoms with E-state index in [2.05, 4.69) is 18.6 Å². The lowest BCUT2D eigenvalue weighted by Crippen LogP contribution is -2.10. The zero-order chi connectivity index (χ0) is 15.1. The summed E-state index contributed by atoms with van der Waals surface area (Å²) in [5, 5.41) is 0. The lowest BCUT2D eigenvalue weighted by Gasteiger charge is -2.01. The highest BCUT2D eigenvalue weighted by Crippen LogP contribution is 1.97. The van der Waals surface area contributed by atoms with Crippen LogP contribution in [0.25, 0.3) is 0 Å². The molecule has 19 heavy (non-hydrogen) atoms. The summed E-state index contributed by atoms with van der Waals surface area (Å²) in [7, 11) is 0. The van der Waals surface area contributed by atoms with E-state index in [4.69, 9.17) is 4.74 Å². The van der Waals surface area contributed by atoms with Crippen LogP contribution in [0.2, 0.25) is 0 Å². The van der Waals surface area contributed by atoms with Gasteiger partial charge in [-0.3, -0.25) is 9.59 Å². The zero-order valence-corrected chi connectivity index (χ0v) is 13.2. The number of rotatable bonds is 8. The largest absolute Gasteiger partial charge is 0.466 e. The minimum absolute atomic E-state index is 0.00921. The van der Waals surface area contributed by atoms with Gasteiger partial charge in [0.25, 0.3) is 0 Å². The molecule has 0 aliphatic carbocycles. The van der Waals surface area contributed by atoms with Crippen LogP contribution in [0.1, 0.15) is 66.7 Å². The minimum atomic E-state index is -0.118. The average Bonchev–Trinajstić information content (AvgIpc) is 2.37. The summed E-state index contributed by atoms with van der Waals surface area (Å²) < 4.78 is 9.61. The highest BCUT2D eigenvalue weighted by atomic mass is 16.5. The summed E-state index contributed by atoms with van der Waals surface area (Å²) in [5.41, 5.74) is 0. The average molecular weight is 274 g/mol. The molecular formula is C15H30O4. The van der Waals surface area contributed by atoms with Crippen molar-refractivity contribution in [2.45, 2.75) is 66.7 Å². The van der Waals surface area contributed by atoms with E-state index in [-0.39, 0.29) is 17.9 Å². The summed E-state index contributed by atoms with van der Waals surface area (Å²) in [6, 6.07) is 0. The van der Waals surface area contributed by atoms with Crippen molar-refractivity contribution in [2.24, 2.45) is 5.92 Å². The topological polar surface area (TPSA) is 52.6 Å². The molecular weight excluding hydrogens is 244 g/mol. The maximum Gasteiger partial charge on any atom is 0.308 e. The van der Waals surface area contributed by atoms with Crippen LogP contribution in [0.15, 0.2) is 0 Å². The summed E-state index contributed by atoms with van der Waals surface area (Å²) in [6.07, 6.45) is 4.66. The van der Waals surface area contributed by atoms with Gasteiger partial charge in [0.2, 0.25) is 0 Å². The first kappa shape index (κ1) is 20.3. The molecule has 0 rings (SSSR count). The molecule has 0 saturated heterocycles. The second kappa shape index (κ2) is 15.0. The molecule has 4 nitrogen and oxygen atoms in total. The maximum absolute atomic E-state index is 10.9. The van der Waals surface area contributed by atoms with Crippen molar-refractivity contribution in [3.63, 3.8) is 0 Å². The van der Waals surface area contributed by atoms with E-state index in [9.17, 15) is 9.59 Å². The van der Waals surface area contributed by atoms with Crippen molar-refractivity contribution in [1.82, 2.24) is 0 Å². The standard InChI is InChI=1S/C9H18O2.C6H12O2/c1-3-5-7-9(10)11-8-6-4-2;1-4-8-6(7)5(2)3/h3-8H2,1-2H3;5H,4H2,1-3H3. The molecule has 0 N–H and O–H groups in total. The first-order valence-electron chi connectivity index (χ1n) is 7.31. The Morgan fingerprint density at radius 1 is 0.947 bits per heavy atom. The SMILES string of the molecule is CCCCOC(=O)CCCC.CCOC(=O)C(C)C. The lowest BCUT2D eigenvalue weighted by atomic mass is 10.2. The van der Waals surface area contributed by atoms with Crippen LogP contribution in [0, 0.1) is 5.92 Å². The third-order valence-electron chi connectivity index (χ3n) is 2.25. The summed E-state index contributed by atoms with van der Waals surface area (Å²) >= 11 is 0. The van der Waals surface area contributed by atoms with Crippen LogP contribution in [-0.4, -0.2) is 25.2 Å². The maximum atomic E-state index is 10.9. The molecule has 0 atom stereocenters. The molecule has 4 heteroatoms. The highest BCUT2D eigenvalue weighted by molar-refractivity contribution is 5.71. The van der Waals surface area contributed by atoms with E-state index < -0.39 is 0 Å². The van der Waals surface area contributed by atoms with Crippen molar-refractivity contribution in [1.29, 1.82) is 0 Å². The molecule has 0 radical (unpaired) electrons. The van der Waals surface area contributed by atoms with Crippen molar-refractivity contribution >= 4 is 11.9 Å². The Morgan fingerprint density at radius 3 is 1.89 bits per heavy atom. The molecule has 114 valence electrons. The number of carbonyl (C=O) groups is 2. The summed E-state index contributed by atoms with van der Waals surface area (Å²) in [6.45, 7) is 10.7. The number of ether oxygens (including phenoxy) is 2. The number of unbranched alkanes of at least 4 members (excludes halogenated alkanes) is 2. The fourth-order valence-electron chi connectivity index (χ4n) is 1.03. The lowest BCUT2D eigenvalue weighted by molar-refractivity contribution is -0.147. The Hall–Kier alpha value is -1.06. The Labute approximate surface area is 117 Å². The molecule has 0 amide bonds. The Kier molecular flexibility index (Phi) is 16.0. The first-order valence-corrected chi connectivity index (χ1v) is 7.31. The van der Waals surface area contributed by atoms with Gasteiger partial charge >= 0.3 is 11.9 Å². The van der Waals surface area contributed by atoms with Gasteiger partial charge in [-0.1, -0.05) is 40.5 Å². The Morgan fingerprint density at radius 2 is 1.53 bits per heavy atom. The molecule has 0 saturated carbocycles. The van der Waals surface area contributed by atoms with Crippen LogP contribution >= 0.6 is 0 Å². The van der Waals surface area contributed by atoms with Gasteiger partial charge < -0.3 is 9.47 Å². The second-order valence-electron chi connectivity index (χ2n) is 4.58. The van der Waals surface area contributed by atoms with E-state index >= 15 is 0 Å². The van der Waals surface area contributed by atoms with Crippen molar-refractivity contribution in [3.8, 4) is 0 Å². The van der Waals surface area contributed by atoms with Crippen LogP contribution in [0.5, 0.6) is 0 Å². The van der Waals surface area contributed by atoms with Gasteiger partial charge in [-0.2, -0.15) is 0 Å². The van der Waals surface area contributed by atoms with E-state index in [0.717, 1.165) is 25.7 Å². The van der Waals surface area contributed by atoms with Gasteiger partial charge in [0.05, 0.1) is 19.1 Å². The number of esters is 2. The van der Waals surface area contributed by atoms with Crippen molar-refractivity contribution < 1.29 is 19.1 Å². The molecule has 0 aliphatic rings. The fraction of sp³-hybridized carbons (Fsp3) is 0.867. The van der Waals surface area contributed by atoms with Crippen LogP contribution < -0.4 is 0 Å². The molecule has 0 unspecified atom stereocenters. The zero-order valence-electron chi connectivity index (χ0n) is 13.2. The van der Waals surface area contributed by atoms with Gasteiger partial charge in [0.15, 0.2) is 0 Å². The van der Waals surface area contributed by atoms with Gasteiger partial charge in [-0.25, -0.2) is 0 Å². The molecule has 0 spiro atoms. The molecule has 0 bridgehead atoms. The minimum Gasteiger partial charge on any atom is -0.466 e. The number of hydrogen-bond acceptors (Lipinski definition) is 4. The number of carbonyl (C=O) groups excluding carboxylic acids is 2. The molecule has 0 heterocycles. The summed E-state index contributed by atoms with van der Waals surface area (Å²) in [5.74, 6) is -0.150. The van der Waals surface area contributed by atoms with E-state index in [1.165, 1.54) is 0 Å². The molecule has 0 aromatic heterocycles. The molecule has 0 fully saturated rings. The van der Waals surface area contributed by atoms with Crippen LogP contribution in [-0.2, 0) is 19.1 Å². The Bertz CT molecular complexity index is 224. The highest BCUT2D eigenvalue weighted by Gasteiger charge is 2.05. The second-order valence-corrected chi connectivity index (χ2v) is 4.58. The van der Waals surface area contributed by atoms with E-state index in [0.29, 0.717) is 19.6 Å². The Balaban J connectivity index is 0. The molecule has 0 aromatic rings. The van der Waals surface area contributed by atoms with Crippen LogP contribution in [0.3, 0.4) is 0 Å². The third-order valence-corrected chi connectivity index (χ3v) is 2.25. The fourth-order valence-corrected chi connectivity index (χ4v) is 1.03. The molecule has 0 aromatic carbocycles. The van der Waals surface area contributed by atoms with Gasteiger partial charge in [-0.05, 0) is 19.8 Å². The monoisotopic (exact) mass is 274 g/mol. The van der Waals surface area contributed by atoms with Crippen molar-refractivity contribution in [3.05, 3.63) is 0 Å². The predicted molar refractivity (Wildman–Crippen MR) is 76.9 cm³/mol. The summed E-state index contributed by atoms with van der Waals surface area (Å²) in [4.78, 5) is 21.4. The third kappa shape index (κ3) is 16.9. The predicted octanol–water partition coefficient (Wildman–Crippen LogP) is 3.73. The van der Waals surface area contributed by atoms with Gasteiger partial charge in [-0.15, -0.1) is 0 Å². The number of hydrogen-bond donors (Lipinski definition) is 0. The quantitative estimate of drug-likeness (QED) is 0.500. The van der Waals surface area contributed by atoms with Crippen molar-refractivity contribution in [2.75, 3.05) is 13.2 Å². The van der Waals surface area contributed by atoms with Crippen LogP contribution in [0.4, 0.5) is 0 Å². The smallest absolute Gasteiger partial charge is 0.308 e. The van der Waals surface area contributed by atoms with E-state index in [1.54, 1.807) is 6.92 Å². The molecule has 0 aliphatic heterocycles.